The molecule has 0 amide bonds. The molecule has 2 nitrogen and oxygen atoms in total. The van der Waals surface area contributed by atoms with Gasteiger partial charge in [-0.15, -0.1) is 0 Å². The Morgan fingerprint density at radius 3 is 2.64 bits per heavy atom. The fourth-order valence-electron chi connectivity index (χ4n) is 1.42. The van der Waals surface area contributed by atoms with Crippen LogP contribution in [0, 0.1) is 11.8 Å². The second-order valence-corrected chi connectivity index (χ2v) is 3.90. The van der Waals surface area contributed by atoms with Gasteiger partial charge < -0.3 is 5.73 Å². The van der Waals surface area contributed by atoms with Crippen LogP contribution >= 0.6 is 0 Å². The van der Waals surface area contributed by atoms with Crippen molar-refractivity contribution in [3.63, 3.8) is 0 Å². The van der Waals surface area contributed by atoms with Crippen LogP contribution in [0.3, 0.4) is 0 Å². The molecular weight excluding hydrogens is 138 g/mol. The van der Waals surface area contributed by atoms with Gasteiger partial charge in [-0.05, 0) is 25.2 Å². The molecule has 11 heavy (non-hydrogen) atoms. The third-order valence-corrected chi connectivity index (χ3v) is 2.32. The summed E-state index contributed by atoms with van der Waals surface area (Å²) in [4.78, 5) is 11.2. The molecule has 64 valence electrons. The van der Waals surface area contributed by atoms with E-state index >= 15 is 0 Å². The summed E-state index contributed by atoms with van der Waals surface area (Å²) in [7, 11) is 0. The molecule has 0 aliphatic heterocycles. The van der Waals surface area contributed by atoms with Crippen molar-refractivity contribution >= 4 is 5.78 Å². The van der Waals surface area contributed by atoms with Crippen LogP contribution in [-0.4, -0.2) is 11.8 Å². The van der Waals surface area contributed by atoms with Gasteiger partial charge in [0.25, 0.3) is 0 Å². The third-order valence-electron chi connectivity index (χ3n) is 2.32. The fourth-order valence-corrected chi connectivity index (χ4v) is 1.42. The molecule has 0 saturated heterocycles. The molecule has 0 heterocycles. The van der Waals surface area contributed by atoms with Crippen molar-refractivity contribution in [2.75, 3.05) is 0 Å². The SMILES string of the molecule is CC(N)CC(=O)CC1CC1C. The fraction of sp³-hybridized carbons (Fsp3) is 0.889. The molecule has 1 fully saturated rings. The van der Waals surface area contributed by atoms with Gasteiger partial charge in [0.15, 0.2) is 0 Å². The topological polar surface area (TPSA) is 43.1 Å². The summed E-state index contributed by atoms with van der Waals surface area (Å²) >= 11 is 0. The largest absolute Gasteiger partial charge is 0.328 e. The maximum Gasteiger partial charge on any atom is 0.134 e. The predicted molar refractivity (Wildman–Crippen MR) is 45.2 cm³/mol. The molecule has 1 aliphatic rings. The first kappa shape index (κ1) is 8.72. The van der Waals surface area contributed by atoms with Gasteiger partial charge >= 0.3 is 0 Å². The van der Waals surface area contributed by atoms with Crippen molar-refractivity contribution in [2.24, 2.45) is 17.6 Å². The highest BCUT2D eigenvalue weighted by atomic mass is 16.1. The molecule has 1 rings (SSSR count). The maximum atomic E-state index is 11.2. The van der Waals surface area contributed by atoms with Gasteiger partial charge in [0, 0.05) is 18.9 Å². The van der Waals surface area contributed by atoms with Crippen LogP contribution in [0.15, 0.2) is 0 Å². The molecule has 0 aromatic heterocycles. The maximum absolute atomic E-state index is 11.2. The Morgan fingerprint density at radius 1 is 1.73 bits per heavy atom. The zero-order chi connectivity index (χ0) is 8.43. The summed E-state index contributed by atoms with van der Waals surface area (Å²) < 4.78 is 0. The van der Waals surface area contributed by atoms with Gasteiger partial charge in [0.1, 0.15) is 5.78 Å². The Labute approximate surface area is 68.2 Å². The number of rotatable bonds is 4. The minimum absolute atomic E-state index is 0.0385. The van der Waals surface area contributed by atoms with Crippen LogP contribution < -0.4 is 5.73 Å². The van der Waals surface area contributed by atoms with E-state index in [1.54, 1.807) is 0 Å². The summed E-state index contributed by atoms with van der Waals surface area (Å²) in [5.41, 5.74) is 5.50. The first-order chi connectivity index (χ1) is 5.09. The van der Waals surface area contributed by atoms with Crippen LogP contribution in [0.25, 0.3) is 0 Å². The van der Waals surface area contributed by atoms with E-state index in [-0.39, 0.29) is 6.04 Å². The lowest BCUT2D eigenvalue weighted by atomic mass is 10.1. The van der Waals surface area contributed by atoms with Gasteiger partial charge in [-0.3, -0.25) is 4.79 Å². The Balaban J connectivity index is 2.11. The number of hydrogen-bond donors (Lipinski definition) is 1. The molecule has 0 spiro atoms. The van der Waals surface area contributed by atoms with Gasteiger partial charge in [-0.1, -0.05) is 6.92 Å². The summed E-state index contributed by atoms with van der Waals surface area (Å²) in [6, 6.07) is 0.0385. The van der Waals surface area contributed by atoms with E-state index < -0.39 is 0 Å². The number of nitrogens with two attached hydrogens (primary N) is 1. The lowest BCUT2D eigenvalue weighted by Gasteiger charge is -2.02. The molecule has 3 unspecified atom stereocenters. The lowest BCUT2D eigenvalue weighted by molar-refractivity contribution is -0.119. The molecule has 0 aromatic rings. The first-order valence-corrected chi connectivity index (χ1v) is 4.37. The quantitative estimate of drug-likeness (QED) is 0.665. The molecule has 3 atom stereocenters. The molecule has 1 saturated carbocycles. The number of carbonyl (C=O) groups excluding carboxylic acids is 1. The van der Waals surface area contributed by atoms with E-state index in [0.29, 0.717) is 18.1 Å². The van der Waals surface area contributed by atoms with E-state index in [2.05, 4.69) is 6.92 Å². The van der Waals surface area contributed by atoms with Gasteiger partial charge in [0.2, 0.25) is 0 Å². The van der Waals surface area contributed by atoms with Gasteiger partial charge in [-0.25, -0.2) is 0 Å². The zero-order valence-electron chi connectivity index (χ0n) is 7.34. The summed E-state index contributed by atoms with van der Waals surface area (Å²) in [5, 5.41) is 0. The van der Waals surface area contributed by atoms with Crippen molar-refractivity contribution in [1.82, 2.24) is 0 Å². The van der Waals surface area contributed by atoms with Crippen LogP contribution in [-0.2, 0) is 4.79 Å². The lowest BCUT2D eigenvalue weighted by Crippen LogP contribution is -2.19. The average Bonchev–Trinajstić information content (AvgIpc) is 2.43. The average molecular weight is 155 g/mol. The monoisotopic (exact) mass is 155 g/mol. The van der Waals surface area contributed by atoms with Crippen LogP contribution in [0.5, 0.6) is 0 Å². The predicted octanol–water partition coefficient (Wildman–Crippen LogP) is 1.34. The van der Waals surface area contributed by atoms with Crippen molar-refractivity contribution < 1.29 is 4.79 Å². The number of hydrogen-bond acceptors (Lipinski definition) is 2. The van der Waals surface area contributed by atoms with Gasteiger partial charge in [0.05, 0.1) is 0 Å². The van der Waals surface area contributed by atoms with Crippen LogP contribution in [0.1, 0.15) is 33.1 Å². The highest BCUT2D eigenvalue weighted by Crippen LogP contribution is 2.40. The molecule has 1 aliphatic carbocycles. The van der Waals surface area contributed by atoms with E-state index in [1.807, 2.05) is 6.92 Å². The van der Waals surface area contributed by atoms with E-state index in [9.17, 15) is 4.79 Å². The third kappa shape index (κ3) is 3.02. The molecule has 2 N–H and O–H groups in total. The Kier molecular flexibility index (Phi) is 2.66. The second-order valence-electron chi connectivity index (χ2n) is 3.90. The zero-order valence-corrected chi connectivity index (χ0v) is 7.34. The summed E-state index contributed by atoms with van der Waals surface area (Å²) in [6.07, 6.45) is 2.57. The van der Waals surface area contributed by atoms with Crippen LogP contribution in [0.2, 0.25) is 0 Å². The molecular formula is C9H17NO. The van der Waals surface area contributed by atoms with Gasteiger partial charge in [-0.2, -0.15) is 0 Å². The molecule has 2 heteroatoms. The molecule has 0 radical (unpaired) electrons. The smallest absolute Gasteiger partial charge is 0.134 e. The molecule has 0 bridgehead atoms. The first-order valence-electron chi connectivity index (χ1n) is 4.37. The number of Topliss-reactive ketones (excluding diaryl/α,β-unsaturated/α-hetero) is 1. The molecule has 0 aromatic carbocycles. The Bertz CT molecular complexity index is 154. The van der Waals surface area contributed by atoms with Crippen molar-refractivity contribution in [3.05, 3.63) is 0 Å². The summed E-state index contributed by atoms with van der Waals surface area (Å²) in [6.45, 7) is 4.08. The number of carbonyl (C=O) groups is 1. The standard InChI is InChI=1S/C9H17NO/c1-6-3-8(6)5-9(11)4-7(2)10/h6-8H,3-5,10H2,1-2H3. The highest BCUT2D eigenvalue weighted by Gasteiger charge is 2.33. The van der Waals surface area contributed by atoms with Crippen molar-refractivity contribution in [3.8, 4) is 0 Å². The van der Waals surface area contributed by atoms with Crippen LogP contribution in [0.4, 0.5) is 0 Å². The Hall–Kier alpha value is -0.370. The van der Waals surface area contributed by atoms with E-state index in [4.69, 9.17) is 5.73 Å². The van der Waals surface area contributed by atoms with Crippen molar-refractivity contribution in [2.45, 2.75) is 39.2 Å². The minimum Gasteiger partial charge on any atom is -0.328 e. The minimum atomic E-state index is 0.0385. The highest BCUT2D eigenvalue weighted by molar-refractivity contribution is 5.79. The van der Waals surface area contributed by atoms with Crippen molar-refractivity contribution in [1.29, 1.82) is 0 Å². The second kappa shape index (κ2) is 3.35. The van der Waals surface area contributed by atoms with E-state index in [0.717, 1.165) is 12.3 Å². The number of ketones is 1. The van der Waals surface area contributed by atoms with E-state index in [1.165, 1.54) is 6.42 Å². The Morgan fingerprint density at radius 2 is 2.27 bits per heavy atom. The normalized spacial score (nSPS) is 31.5. The summed E-state index contributed by atoms with van der Waals surface area (Å²) in [5.74, 6) is 1.81.